The second kappa shape index (κ2) is 11.3. The number of fused-ring (bicyclic) bond motifs is 7. The van der Waals surface area contributed by atoms with E-state index in [0.717, 1.165) is 0 Å². The zero-order valence-electron chi connectivity index (χ0n) is 26.7. The smallest absolute Gasteiger partial charge is 0.0434 e. The first-order chi connectivity index (χ1) is 24.3. The Morgan fingerprint density at radius 1 is 0.306 bits per heavy atom. The van der Waals surface area contributed by atoms with Gasteiger partial charge in [0, 0.05) is 20.2 Å². The average Bonchev–Trinajstić information content (AvgIpc) is 3.57. The van der Waals surface area contributed by atoms with Gasteiger partial charge in [0.2, 0.25) is 0 Å². The van der Waals surface area contributed by atoms with Gasteiger partial charge in [-0.2, -0.15) is 0 Å². The lowest BCUT2D eigenvalue weighted by Gasteiger charge is -2.18. The first-order valence-electron chi connectivity index (χ1n) is 16.8. The lowest BCUT2D eigenvalue weighted by Crippen LogP contribution is -1.91. The van der Waals surface area contributed by atoms with Crippen LogP contribution < -0.4 is 0 Å². The van der Waals surface area contributed by atoms with Crippen LogP contribution in [0.5, 0.6) is 0 Å². The van der Waals surface area contributed by atoms with E-state index in [1.54, 1.807) is 0 Å². The van der Waals surface area contributed by atoms with Crippen LogP contribution in [0.4, 0.5) is 0 Å². The molecule has 10 rings (SSSR count). The molecule has 49 heavy (non-hydrogen) atoms. The van der Waals surface area contributed by atoms with Gasteiger partial charge in [-0.25, -0.2) is 0 Å². The molecule has 0 aliphatic rings. The van der Waals surface area contributed by atoms with Crippen molar-refractivity contribution in [1.82, 2.24) is 0 Å². The molecular weight excluding hydrogens is 609 g/mol. The maximum atomic E-state index is 2.40. The van der Waals surface area contributed by atoms with Gasteiger partial charge in [-0.3, -0.25) is 0 Å². The van der Waals surface area contributed by atoms with Crippen LogP contribution in [0.3, 0.4) is 0 Å². The molecule has 0 radical (unpaired) electrons. The quantitative estimate of drug-likeness (QED) is 0.168. The monoisotopic (exact) mass is 638 g/mol. The molecule has 0 fully saturated rings. The first kappa shape index (κ1) is 28.0. The van der Waals surface area contributed by atoms with E-state index in [2.05, 4.69) is 182 Å². The molecule has 0 saturated carbocycles. The van der Waals surface area contributed by atoms with Crippen LogP contribution in [0.2, 0.25) is 0 Å². The van der Waals surface area contributed by atoms with E-state index in [1.165, 1.54) is 97.0 Å². The third-order valence-electron chi connectivity index (χ3n) is 10.1. The van der Waals surface area contributed by atoms with Gasteiger partial charge in [0.05, 0.1) is 0 Å². The van der Waals surface area contributed by atoms with Crippen molar-refractivity contribution in [2.45, 2.75) is 0 Å². The number of benzene rings is 9. The summed E-state index contributed by atoms with van der Waals surface area (Å²) >= 11 is 1.90. The van der Waals surface area contributed by atoms with Gasteiger partial charge >= 0.3 is 0 Å². The largest absolute Gasteiger partial charge is 0.135 e. The molecule has 0 aliphatic carbocycles. The number of hydrogen-bond acceptors (Lipinski definition) is 1. The van der Waals surface area contributed by atoms with Crippen LogP contribution in [-0.4, -0.2) is 0 Å². The SMILES string of the molecule is c1ccc(-c2ccc(-c3c4ccccc4c(-c4cccc(-c5cccc6sc7c8ccccc8ccc7c56)c4)c4ccccc34)cc2)cc1. The van der Waals surface area contributed by atoms with E-state index in [-0.39, 0.29) is 0 Å². The highest BCUT2D eigenvalue weighted by Gasteiger charge is 2.18. The second-order valence-corrected chi connectivity index (χ2v) is 13.9. The Morgan fingerprint density at radius 3 is 1.55 bits per heavy atom. The molecule has 1 heterocycles. The Balaban J connectivity index is 1.18. The number of hydrogen-bond donors (Lipinski definition) is 0. The van der Waals surface area contributed by atoms with Crippen LogP contribution >= 0.6 is 11.3 Å². The van der Waals surface area contributed by atoms with Gasteiger partial charge in [0.1, 0.15) is 0 Å². The number of rotatable bonds is 4. The van der Waals surface area contributed by atoms with Crippen molar-refractivity contribution in [3.05, 3.63) is 182 Å². The van der Waals surface area contributed by atoms with E-state index in [4.69, 9.17) is 0 Å². The molecule has 0 N–H and O–H groups in total. The predicted molar refractivity (Wildman–Crippen MR) is 214 cm³/mol. The summed E-state index contributed by atoms with van der Waals surface area (Å²) in [7, 11) is 0. The fraction of sp³-hybridized carbons (Fsp3) is 0. The summed E-state index contributed by atoms with van der Waals surface area (Å²) in [6, 6.07) is 66.8. The molecule has 10 aromatic rings. The van der Waals surface area contributed by atoms with E-state index in [1.807, 2.05) is 11.3 Å². The minimum Gasteiger partial charge on any atom is -0.135 e. The second-order valence-electron chi connectivity index (χ2n) is 12.8. The van der Waals surface area contributed by atoms with E-state index in [9.17, 15) is 0 Å². The molecule has 9 aromatic carbocycles. The standard InChI is InChI=1S/C48H30S/c1-2-12-31(13-3-1)32-24-26-34(27-25-32)45-39-18-6-8-20-41(39)46(42-21-9-7-19-40(42)45)36-16-10-15-35(30-36)37-22-11-23-44-47(37)43-29-28-33-14-4-5-17-38(33)48(43)49-44/h1-30H. The third-order valence-corrected chi connectivity index (χ3v) is 11.3. The van der Waals surface area contributed by atoms with Crippen molar-refractivity contribution in [1.29, 1.82) is 0 Å². The van der Waals surface area contributed by atoms with Gasteiger partial charge in [-0.15, -0.1) is 11.3 Å². The van der Waals surface area contributed by atoms with Crippen molar-refractivity contribution >= 4 is 63.8 Å². The molecule has 228 valence electrons. The Hall–Kier alpha value is -6.02. The first-order valence-corrected chi connectivity index (χ1v) is 17.7. The van der Waals surface area contributed by atoms with Crippen LogP contribution in [0.25, 0.3) is 97.0 Å². The van der Waals surface area contributed by atoms with Gasteiger partial charge in [-0.05, 0) is 89.0 Å². The van der Waals surface area contributed by atoms with Crippen LogP contribution in [0, 0.1) is 0 Å². The van der Waals surface area contributed by atoms with Crippen molar-refractivity contribution in [2.24, 2.45) is 0 Å². The molecule has 0 nitrogen and oxygen atoms in total. The lowest BCUT2D eigenvalue weighted by molar-refractivity contribution is 1.61. The molecule has 1 heteroatoms. The highest BCUT2D eigenvalue weighted by atomic mass is 32.1. The Morgan fingerprint density at radius 2 is 0.837 bits per heavy atom. The van der Waals surface area contributed by atoms with Crippen LogP contribution in [0.15, 0.2) is 182 Å². The molecule has 0 aliphatic heterocycles. The fourth-order valence-corrected chi connectivity index (χ4v) is 9.11. The summed E-state index contributed by atoms with van der Waals surface area (Å²) in [5.74, 6) is 0. The summed E-state index contributed by atoms with van der Waals surface area (Å²) in [5, 5.41) is 10.4. The van der Waals surface area contributed by atoms with Crippen molar-refractivity contribution in [2.75, 3.05) is 0 Å². The number of thiophene rings is 1. The lowest BCUT2D eigenvalue weighted by atomic mass is 9.85. The van der Waals surface area contributed by atoms with Gasteiger partial charge in [-0.1, -0.05) is 170 Å². The zero-order valence-corrected chi connectivity index (χ0v) is 27.5. The summed E-state index contributed by atoms with van der Waals surface area (Å²) in [6.07, 6.45) is 0. The van der Waals surface area contributed by atoms with Crippen molar-refractivity contribution in [3.8, 4) is 44.5 Å². The van der Waals surface area contributed by atoms with Crippen LogP contribution in [0.1, 0.15) is 0 Å². The Kier molecular flexibility index (Phi) is 6.47. The predicted octanol–water partition coefficient (Wildman–Crippen LogP) is 14.2. The maximum Gasteiger partial charge on any atom is 0.0434 e. The molecule has 0 unspecified atom stereocenters. The third kappa shape index (κ3) is 4.51. The maximum absolute atomic E-state index is 2.40. The molecular formula is C48H30S. The highest BCUT2D eigenvalue weighted by Crippen LogP contribution is 2.46. The molecule has 0 amide bonds. The van der Waals surface area contributed by atoms with Crippen molar-refractivity contribution < 1.29 is 0 Å². The van der Waals surface area contributed by atoms with E-state index >= 15 is 0 Å². The molecule has 0 spiro atoms. The topological polar surface area (TPSA) is 0 Å². The van der Waals surface area contributed by atoms with Crippen molar-refractivity contribution in [3.63, 3.8) is 0 Å². The molecule has 0 saturated heterocycles. The normalized spacial score (nSPS) is 11.7. The average molecular weight is 639 g/mol. The summed E-state index contributed by atoms with van der Waals surface area (Å²) in [4.78, 5) is 0. The minimum atomic E-state index is 1.23. The zero-order chi connectivity index (χ0) is 32.3. The van der Waals surface area contributed by atoms with Gasteiger partial charge < -0.3 is 0 Å². The van der Waals surface area contributed by atoms with Gasteiger partial charge in [0.15, 0.2) is 0 Å². The van der Waals surface area contributed by atoms with E-state index in [0.29, 0.717) is 0 Å². The molecule has 0 atom stereocenters. The Bertz CT molecular complexity index is 2800. The van der Waals surface area contributed by atoms with E-state index < -0.39 is 0 Å². The highest BCUT2D eigenvalue weighted by molar-refractivity contribution is 7.26. The van der Waals surface area contributed by atoms with Gasteiger partial charge in [0.25, 0.3) is 0 Å². The van der Waals surface area contributed by atoms with Crippen LogP contribution in [-0.2, 0) is 0 Å². The summed E-state index contributed by atoms with van der Waals surface area (Å²) < 4.78 is 2.69. The molecule has 0 bridgehead atoms. The summed E-state index contributed by atoms with van der Waals surface area (Å²) in [6.45, 7) is 0. The fourth-order valence-electron chi connectivity index (χ4n) is 7.85. The minimum absolute atomic E-state index is 1.23. The summed E-state index contributed by atoms with van der Waals surface area (Å²) in [5.41, 5.74) is 10.0. The molecule has 1 aromatic heterocycles. The Labute approximate surface area is 289 Å².